The molecule has 0 bridgehead atoms. The summed E-state index contributed by atoms with van der Waals surface area (Å²) in [6, 6.07) is -0.180. The van der Waals surface area contributed by atoms with Crippen molar-refractivity contribution in [2.24, 2.45) is 11.3 Å². The highest BCUT2D eigenvalue weighted by Crippen LogP contribution is 2.43. The number of rotatable bonds is 5. The van der Waals surface area contributed by atoms with Crippen LogP contribution in [0, 0.1) is 11.3 Å². The molecule has 1 rings (SSSR count). The van der Waals surface area contributed by atoms with Gasteiger partial charge in [0.1, 0.15) is 0 Å². The lowest BCUT2D eigenvalue weighted by molar-refractivity contribution is -0.160. The molecule has 2 nitrogen and oxygen atoms in total. The van der Waals surface area contributed by atoms with Gasteiger partial charge < -0.3 is 5.11 Å². The zero-order chi connectivity index (χ0) is 15.6. The Hall–Kier alpha value is -0.290. The lowest BCUT2D eigenvalue weighted by Gasteiger charge is -2.48. The Labute approximate surface area is 120 Å². The average molecular weight is 295 g/mol. The summed E-state index contributed by atoms with van der Waals surface area (Å²) in [5, 5.41) is 9.87. The second kappa shape index (κ2) is 6.65. The van der Waals surface area contributed by atoms with Gasteiger partial charge in [0, 0.05) is 6.04 Å². The van der Waals surface area contributed by atoms with Crippen molar-refractivity contribution in [2.45, 2.75) is 71.7 Å². The number of hydrogen-bond donors (Lipinski definition) is 1. The normalized spacial score (nSPS) is 28.9. The SMILES string of the molecule is CCN(CC(F)(F)F)C1CC(O)CCC1C(C)(C)CC. The Morgan fingerprint density at radius 1 is 1.15 bits per heavy atom. The topological polar surface area (TPSA) is 23.5 Å². The van der Waals surface area contributed by atoms with E-state index in [4.69, 9.17) is 0 Å². The highest BCUT2D eigenvalue weighted by atomic mass is 19.4. The molecule has 0 heterocycles. The van der Waals surface area contributed by atoms with Gasteiger partial charge in [0.2, 0.25) is 0 Å². The summed E-state index contributed by atoms with van der Waals surface area (Å²) in [4.78, 5) is 1.50. The predicted octanol–water partition coefficient (Wildman–Crippen LogP) is 3.84. The molecule has 1 saturated carbocycles. The monoisotopic (exact) mass is 295 g/mol. The molecule has 0 spiro atoms. The van der Waals surface area contributed by atoms with Gasteiger partial charge in [0.25, 0.3) is 0 Å². The standard InChI is InChI=1S/C15H28F3NO/c1-5-14(3,4)12-8-7-11(20)9-13(12)19(6-2)10-15(16,17)18/h11-13,20H,5-10H2,1-4H3. The van der Waals surface area contributed by atoms with Crippen molar-refractivity contribution >= 4 is 0 Å². The van der Waals surface area contributed by atoms with Crippen LogP contribution in [0.4, 0.5) is 13.2 Å². The van der Waals surface area contributed by atoms with Crippen LogP contribution < -0.4 is 0 Å². The number of aliphatic hydroxyl groups excluding tert-OH is 1. The third kappa shape index (κ3) is 4.62. The fourth-order valence-electron chi connectivity index (χ4n) is 3.40. The van der Waals surface area contributed by atoms with E-state index >= 15 is 0 Å². The van der Waals surface area contributed by atoms with Gasteiger partial charge in [-0.2, -0.15) is 13.2 Å². The van der Waals surface area contributed by atoms with Gasteiger partial charge in [-0.25, -0.2) is 0 Å². The quantitative estimate of drug-likeness (QED) is 0.833. The van der Waals surface area contributed by atoms with E-state index < -0.39 is 18.8 Å². The van der Waals surface area contributed by atoms with Gasteiger partial charge in [0.05, 0.1) is 12.6 Å². The second-order valence-corrected chi connectivity index (χ2v) is 6.66. The molecular formula is C15H28F3NO. The van der Waals surface area contributed by atoms with Crippen molar-refractivity contribution < 1.29 is 18.3 Å². The van der Waals surface area contributed by atoms with E-state index in [1.165, 1.54) is 4.90 Å². The predicted molar refractivity (Wildman–Crippen MR) is 74.5 cm³/mol. The number of halogens is 3. The number of nitrogens with zero attached hydrogens (tertiary/aromatic N) is 1. The van der Waals surface area contributed by atoms with Crippen molar-refractivity contribution in [2.75, 3.05) is 13.1 Å². The molecule has 20 heavy (non-hydrogen) atoms. The molecule has 120 valence electrons. The zero-order valence-corrected chi connectivity index (χ0v) is 13.0. The summed E-state index contributed by atoms with van der Waals surface area (Å²) >= 11 is 0. The van der Waals surface area contributed by atoms with Crippen LogP contribution in [0.1, 0.15) is 53.4 Å². The van der Waals surface area contributed by atoms with Crippen molar-refractivity contribution in [1.29, 1.82) is 0 Å². The molecule has 0 aromatic rings. The Morgan fingerprint density at radius 2 is 1.75 bits per heavy atom. The summed E-state index contributed by atoms with van der Waals surface area (Å²) in [5.74, 6) is 0.207. The third-order valence-corrected chi connectivity index (χ3v) is 4.96. The van der Waals surface area contributed by atoms with Gasteiger partial charge >= 0.3 is 6.18 Å². The zero-order valence-electron chi connectivity index (χ0n) is 13.0. The third-order valence-electron chi connectivity index (χ3n) is 4.96. The lowest BCUT2D eigenvalue weighted by atomic mass is 9.66. The molecule has 0 amide bonds. The van der Waals surface area contributed by atoms with E-state index in [9.17, 15) is 18.3 Å². The molecule has 0 radical (unpaired) electrons. The minimum Gasteiger partial charge on any atom is -0.393 e. The minimum atomic E-state index is -4.18. The van der Waals surface area contributed by atoms with Gasteiger partial charge in [-0.1, -0.05) is 34.1 Å². The van der Waals surface area contributed by atoms with Gasteiger partial charge in [-0.05, 0) is 37.1 Å². The van der Waals surface area contributed by atoms with Crippen LogP contribution in [0.2, 0.25) is 0 Å². The van der Waals surface area contributed by atoms with Crippen LogP contribution in [0.25, 0.3) is 0 Å². The first-order chi connectivity index (χ1) is 9.10. The van der Waals surface area contributed by atoms with E-state index in [2.05, 4.69) is 20.8 Å². The molecule has 0 aromatic heterocycles. The molecule has 1 N–H and O–H groups in total. The van der Waals surface area contributed by atoms with E-state index in [0.717, 1.165) is 12.8 Å². The molecule has 1 aliphatic carbocycles. The molecule has 0 saturated heterocycles. The largest absolute Gasteiger partial charge is 0.401 e. The second-order valence-electron chi connectivity index (χ2n) is 6.66. The van der Waals surface area contributed by atoms with Crippen LogP contribution in [0.3, 0.4) is 0 Å². The summed E-state index contributed by atoms with van der Waals surface area (Å²) in [7, 11) is 0. The molecule has 3 atom stereocenters. The highest BCUT2D eigenvalue weighted by Gasteiger charge is 2.43. The molecular weight excluding hydrogens is 267 g/mol. The van der Waals surface area contributed by atoms with E-state index in [1.54, 1.807) is 6.92 Å². The molecule has 3 unspecified atom stereocenters. The van der Waals surface area contributed by atoms with Crippen LogP contribution >= 0.6 is 0 Å². The summed E-state index contributed by atoms with van der Waals surface area (Å²) < 4.78 is 38.2. The summed E-state index contributed by atoms with van der Waals surface area (Å²) in [6.45, 7) is 7.60. The molecule has 0 aliphatic heterocycles. The van der Waals surface area contributed by atoms with Crippen molar-refractivity contribution in [3.63, 3.8) is 0 Å². The smallest absolute Gasteiger partial charge is 0.393 e. The van der Waals surface area contributed by atoms with Crippen molar-refractivity contribution in [1.82, 2.24) is 4.90 Å². The highest BCUT2D eigenvalue weighted by molar-refractivity contribution is 4.93. The Balaban J connectivity index is 2.93. The van der Waals surface area contributed by atoms with Crippen molar-refractivity contribution in [3.05, 3.63) is 0 Å². The molecule has 0 aromatic carbocycles. The van der Waals surface area contributed by atoms with Crippen LogP contribution in [0.15, 0.2) is 0 Å². The number of hydrogen-bond acceptors (Lipinski definition) is 2. The Kier molecular flexibility index (Phi) is 5.90. The van der Waals surface area contributed by atoms with Gasteiger partial charge in [-0.15, -0.1) is 0 Å². The fourth-order valence-corrected chi connectivity index (χ4v) is 3.40. The Bertz CT molecular complexity index is 304. The Morgan fingerprint density at radius 3 is 2.20 bits per heavy atom. The number of alkyl halides is 3. The molecule has 1 aliphatic rings. The first-order valence-electron chi connectivity index (χ1n) is 7.59. The van der Waals surface area contributed by atoms with E-state index in [1.807, 2.05) is 0 Å². The van der Waals surface area contributed by atoms with Crippen molar-refractivity contribution in [3.8, 4) is 0 Å². The maximum atomic E-state index is 12.7. The summed E-state index contributed by atoms with van der Waals surface area (Å²) in [5.41, 5.74) is 0.00379. The molecule has 1 fully saturated rings. The van der Waals surface area contributed by atoms with Gasteiger partial charge in [0.15, 0.2) is 0 Å². The van der Waals surface area contributed by atoms with E-state index in [-0.39, 0.29) is 17.4 Å². The maximum absolute atomic E-state index is 12.7. The lowest BCUT2D eigenvalue weighted by Crippen LogP contribution is -2.52. The van der Waals surface area contributed by atoms with Gasteiger partial charge in [-0.3, -0.25) is 4.90 Å². The maximum Gasteiger partial charge on any atom is 0.401 e. The minimum absolute atomic E-state index is 0.00379. The van der Waals surface area contributed by atoms with Crippen LogP contribution in [-0.2, 0) is 0 Å². The fraction of sp³-hybridized carbons (Fsp3) is 1.00. The van der Waals surface area contributed by atoms with E-state index in [0.29, 0.717) is 19.4 Å². The first-order valence-corrected chi connectivity index (χ1v) is 7.59. The summed E-state index contributed by atoms with van der Waals surface area (Å²) in [6.07, 6.45) is -1.74. The first kappa shape index (κ1) is 17.8. The number of aliphatic hydroxyl groups is 1. The van der Waals surface area contributed by atoms with Crippen LogP contribution in [0.5, 0.6) is 0 Å². The van der Waals surface area contributed by atoms with Crippen LogP contribution in [-0.4, -0.2) is 41.4 Å². The molecule has 5 heteroatoms. The average Bonchev–Trinajstić information content (AvgIpc) is 2.34.